The lowest BCUT2D eigenvalue weighted by Crippen LogP contribution is -1.94. The number of para-hydroxylation sites is 1. The molecule has 0 atom stereocenters. The molecule has 0 aliphatic carbocycles. The smallest absolute Gasteiger partial charge is 0.211 e. The van der Waals surface area contributed by atoms with Crippen molar-refractivity contribution in [1.29, 1.82) is 0 Å². The number of nitrogens with one attached hydrogen (secondary N) is 2. The number of fused-ring (bicyclic) bond motifs is 1. The molecule has 1 heterocycles. The Balaban J connectivity index is 2.16. The summed E-state index contributed by atoms with van der Waals surface area (Å²) in [6.07, 6.45) is 0.642. The third-order valence-electron chi connectivity index (χ3n) is 2.89. The van der Waals surface area contributed by atoms with Gasteiger partial charge in [-0.3, -0.25) is 4.79 Å². The molecule has 94 valence electrons. The Morgan fingerprint density at radius 1 is 1.21 bits per heavy atom. The highest BCUT2D eigenvalue weighted by Crippen LogP contribution is 2.26. The molecule has 3 aromatic rings. The van der Waals surface area contributed by atoms with Crippen molar-refractivity contribution >= 4 is 28.8 Å². The molecule has 19 heavy (non-hydrogen) atoms. The number of amides is 1. The normalized spacial score (nSPS) is 10.5. The van der Waals surface area contributed by atoms with Gasteiger partial charge < -0.3 is 16.0 Å². The minimum absolute atomic E-state index is 0.642. The number of carbonyl (C=O) groups is 1. The number of H-pyrrole nitrogens is 1. The molecule has 0 fully saturated rings. The van der Waals surface area contributed by atoms with Gasteiger partial charge in [0.2, 0.25) is 6.41 Å². The van der Waals surface area contributed by atoms with Crippen molar-refractivity contribution in [2.24, 2.45) is 0 Å². The molecule has 0 aliphatic rings. The molecule has 5 heteroatoms. The SMILES string of the molecule is Nc1cccc(-c2nc3c(NC=O)cccc3[nH]2)c1. The van der Waals surface area contributed by atoms with Crippen LogP contribution in [0.1, 0.15) is 0 Å². The maximum Gasteiger partial charge on any atom is 0.211 e. The molecule has 1 amide bonds. The molecule has 0 radical (unpaired) electrons. The molecule has 0 bridgehead atoms. The van der Waals surface area contributed by atoms with Crippen LogP contribution >= 0.6 is 0 Å². The number of hydrogen-bond acceptors (Lipinski definition) is 3. The van der Waals surface area contributed by atoms with Gasteiger partial charge in [0.15, 0.2) is 0 Å². The van der Waals surface area contributed by atoms with Crippen molar-refractivity contribution in [3.05, 3.63) is 42.5 Å². The van der Waals surface area contributed by atoms with Crippen LogP contribution in [0, 0.1) is 0 Å². The van der Waals surface area contributed by atoms with Gasteiger partial charge in [-0.25, -0.2) is 4.98 Å². The number of nitrogen functional groups attached to an aromatic ring is 1. The van der Waals surface area contributed by atoms with Crippen LogP contribution in [0.2, 0.25) is 0 Å². The summed E-state index contributed by atoms with van der Waals surface area (Å²) in [5.74, 6) is 0.724. The van der Waals surface area contributed by atoms with Gasteiger partial charge in [0, 0.05) is 11.3 Å². The predicted molar refractivity (Wildman–Crippen MR) is 75.6 cm³/mol. The lowest BCUT2D eigenvalue weighted by atomic mass is 10.2. The summed E-state index contributed by atoms with van der Waals surface area (Å²) in [4.78, 5) is 18.3. The average Bonchev–Trinajstić information content (AvgIpc) is 2.84. The predicted octanol–water partition coefficient (Wildman–Crippen LogP) is 2.38. The zero-order valence-electron chi connectivity index (χ0n) is 10.1. The van der Waals surface area contributed by atoms with Crippen LogP contribution in [0.5, 0.6) is 0 Å². The van der Waals surface area contributed by atoms with E-state index in [1.807, 2.05) is 36.4 Å². The number of imidazole rings is 1. The first-order chi connectivity index (χ1) is 9.28. The quantitative estimate of drug-likeness (QED) is 0.494. The molecule has 4 N–H and O–H groups in total. The monoisotopic (exact) mass is 252 g/mol. The highest BCUT2D eigenvalue weighted by atomic mass is 16.1. The van der Waals surface area contributed by atoms with Crippen molar-refractivity contribution < 1.29 is 4.79 Å². The molecule has 5 nitrogen and oxygen atoms in total. The van der Waals surface area contributed by atoms with Crippen molar-refractivity contribution in [3.8, 4) is 11.4 Å². The fourth-order valence-corrected chi connectivity index (χ4v) is 2.03. The van der Waals surface area contributed by atoms with E-state index in [-0.39, 0.29) is 0 Å². The average molecular weight is 252 g/mol. The van der Waals surface area contributed by atoms with E-state index in [0.29, 0.717) is 17.8 Å². The minimum atomic E-state index is 0.642. The second-order valence-electron chi connectivity index (χ2n) is 4.17. The third-order valence-corrected chi connectivity index (χ3v) is 2.89. The van der Waals surface area contributed by atoms with Crippen molar-refractivity contribution in [2.75, 3.05) is 11.1 Å². The number of nitrogens with zero attached hydrogens (tertiary/aromatic N) is 1. The van der Waals surface area contributed by atoms with Crippen molar-refractivity contribution in [2.45, 2.75) is 0 Å². The van der Waals surface area contributed by atoms with Crippen molar-refractivity contribution in [3.63, 3.8) is 0 Å². The van der Waals surface area contributed by atoms with Gasteiger partial charge in [-0.1, -0.05) is 18.2 Å². The maximum atomic E-state index is 10.6. The highest BCUT2D eigenvalue weighted by Gasteiger charge is 2.08. The lowest BCUT2D eigenvalue weighted by Gasteiger charge is -1.98. The molecule has 2 aromatic carbocycles. The first-order valence-corrected chi connectivity index (χ1v) is 5.83. The summed E-state index contributed by atoms with van der Waals surface area (Å²) in [6, 6.07) is 13.1. The summed E-state index contributed by atoms with van der Waals surface area (Å²) in [5.41, 5.74) is 9.64. The van der Waals surface area contributed by atoms with Gasteiger partial charge in [0.1, 0.15) is 11.3 Å². The molecule has 0 spiro atoms. The first-order valence-electron chi connectivity index (χ1n) is 5.83. The van der Waals surface area contributed by atoms with E-state index in [0.717, 1.165) is 22.4 Å². The summed E-state index contributed by atoms with van der Waals surface area (Å²) < 4.78 is 0. The van der Waals surface area contributed by atoms with Gasteiger partial charge in [-0.05, 0) is 24.3 Å². The molecule has 3 rings (SSSR count). The zero-order valence-corrected chi connectivity index (χ0v) is 10.1. The molecule has 0 aliphatic heterocycles. The third kappa shape index (κ3) is 2.01. The van der Waals surface area contributed by atoms with Crippen molar-refractivity contribution in [1.82, 2.24) is 9.97 Å². The first kappa shape index (κ1) is 11.3. The second-order valence-corrected chi connectivity index (χ2v) is 4.17. The molecule has 1 aromatic heterocycles. The van der Waals surface area contributed by atoms with E-state index in [2.05, 4.69) is 15.3 Å². The summed E-state index contributed by atoms with van der Waals surface area (Å²) in [6.45, 7) is 0. The number of aromatic amines is 1. The van der Waals surface area contributed by atoms with Crippen LogP contribution in [0.25, 0.3) is 22.4 Å². The highest BCUT2D eigenvalue weighted by molar-refractivity contribution is 5.94. The lowest BCUT2D eigenvalue weighted by molar-refractivity contribution is -0.105. The van der Waals surface area contributed by atoms with Crippen LogP contribution in [-0.2, 0) is 4.79 Å². The number of hydrogen-bond donors (Lipinski definition) is 3. The Hall–Kier alpha value is -2.82. The summed E-state index contributed by atoms with van der Waals surface area (Å²) in [7, 11) is 0. The van der Waals surface area contributed by atoms with Gasteiger partial charge in [-0.2, -0.15) is 0 Å². The number of rotatable bonds is 3. The minimum Gasteiger partial charge on any atom is -0.399 e. The topological polar surface area (TPSA) is 83.8 Å². The number of carbonyl (C=O) groups excluding carboxylic acids is 1. The van der Waals surface area contributed by atoms with Gasteiger partial charge >= 0.3 is 0 Å². The number of anilines is 2. The van der Waals surface area contributed by atoms with E-state index in [9.17, 15) is 4.79 Å². The van der Waals surface area contributed by atoms with Crippen LogP contribution < -0.4 is 11.1 Å². The number of benzene rings is 2. The van der Waals surface area contributed by atoms with Gasteiger partial charge in [-0.15, -0.1) is 0 Å². The number of nitrogens with two attached hydrogens (primary N) is 1. The Labute approximate surface area is 109 Å². The van der Waals surface area contributed by atoms with E-state index < -0.39 is 0 Å². The standard InChI is InChI=1S/C14H12N4O/c15-10-4-1-3-9(7-10)14-17-12-6-2-5-11(16-8-19)13(12)18-14/h1-8H,15H2,(H,16,19)(H,17,18). The Morgan fingerprint density at radius 3 is 2.84 bits per heavy atom. The van der Waals surface area contributed by atoms with E-state index >= 15 is 0 Å². The maximum absolute atomic E-state index is 10.6. The number of aromatic nitrogens is 2. The van der Waals surface area contributed by atoms with E-state index in [4.69, 9.17) is 5.73 Å². The Morgan fingerprint density at radius 2 is 2.05 bits per heavy atom. The second kappa shape index (κ2) is 4.45. The summed E-state index contributed by atoms with van der Waals surface area (Å²) in [5, 5.41) is 2.64. The fourth-order valence-electron chi connectivity index (χ4n) is 2.03. The van der Waals surface area contributed by atoms with Gasteiger partial charge in [0.25, 0.3) is 0 Å². The van der Waals surface area contributed by atoms with Gasteiger partial charge in [0.05, 0.1) is 11.2 Å². The molecule has 0 unspecified atom stereocenters. The molecule has 0 saturated carbocycles. The van der Waals surface area contributed by atoms with Crippen LogP contribution in [0.4, 0.5) is 11.4 Å². The van der Waals surface area contributed by atoms with Crippen LogP contribution in [0.3, 0.4) is 0 Å². The zero-order chi connectivity index (χ0) is 13.2. The fraction of sp³-hybridized carbons (Fsp3) is 0. The summed E-state index contributed by atoms with van der Waals surface area (Å²) >= 11 is 0. The van der Waals surface area contributed by atoms with E-state index in [1.165, 1.54) is 0 Å². The van der Waals surface area contributed by atoms with Crippen LogP contribution in [-0.4, -0.2) is 16.4 Å². The molecular weight excluding hydrogens is 240 g/mol. The Bertz CT molecular complexity index is 748. The van der Waals surface area contributed by atoms with E-state index in [1.54, 1.807) is 6.07 Å². The van der Waals surface area contributed by atoms with Crippen LogP contribution in [0.15, 0.2) is 42.5 Å². The largest absolute Gasteiger partial charge is 0.399 e. The molecular formula is C14H12N4O. The Kier molecular flexibility index (Phi) is 2.64. The molecule has 0 saturated heterocycles.